The van der Waals surface area contributed by atoms with Crippen LogP contribution in [0.4, 0.5) is 0 Å². The van der Waals surface area contributed by atoms with Crippen molar-refractivity contribution < 1.29 is 4.74 Å². The largest absolute Gasteiger partial charge is 0.456 e. The van der Waals surface area contributed by atoms with Gasteiger partial charge in [0.05, 0.1) is 5.52 Å². The number of halogens is 2. The summed E-state index contributed by atoms with van der Waals surface area (Å²) in [6.07, 6.45) is 1.72. The molecule has 0 N–H and O–H groups in total. The van der Waals surface area contributed by atoms with Crippen LogP contribution < -0.4 is 4.74 Å². The van der Waals surface area contributed by atoms with E-state index in [1.165, 1.54) is 0 Å². The Bertz CT molecular complexity index is 789. The van der Waals surface area contributed by atoms with Crippen molar-refractivity contribution in [3.05, 3.63) is 63.7 Å². The van der Waals surface area contributed by atoms with Crippen LogP contribution in [0, 0.1) is 6.92 Å². The quantitative estimate of drug-likeness (QED) is 0.588. The molecule has 1 heterocycles. The van der Waals surface area contributed by atoms with Gasteiger partial charge in [-0.3, -0.25) is 4.98 Å². The van der Waals surface area contributed by atoms with Gasteiger partial charge in [-0.15, -0.1) is 0 Å². The van der Waals surface area contributed by atoms with E-state index in [2.05, 4.69) is 20.9 Å². The van der Waals surface area contributed by atoms with E-state index < -0.39 is 0 Å². The van der Waals surface area contributed by atoms with Crippen molar-refractivity contribution in [2.45, 2.75) is 6.92 Å². The summed E-state index contributed by atoms with van der Waals surface area (Å²) in [7, 11) is 0. The molecule has 0 fully saturated rings. The molecule has 0 spiro atoms. The highest BCUT2D eigenvalue weighted by atomic mass is 79.9. The molecule has 3 rings (SSSR count). The lowest BCUT2D eigenvalue weighted by molar-refractivity contribution is 0.483. The molecule has 0 aliphatic carbocycles. The minimum Gasteiger partial charge on any atom is -0.456 e. The molecule has 0 atom stereocenters. The van der Waals surface area contributed by atoms with Crippen LogP contribution >= 0.6 is 27.5 Å². The number of aryl methyl sites for hydroxylation is 1. The fraction of sp³-hybridized carbons (Fsp3) is 0.0625. The second-order valence-corrected chi connectivity index (χ2v) is 5.83. The maximum Gasteiger partial charge on any atom is 0.138 e. The highest BCUT2D eigenvalue weighted by Gasteiger charge is 2.07. The van der Waals surface area contributed by atoms with Crippen molar-refractivity contribution in [2.24, 2.45) is 0 Å². The number of fused-ring (bicyclic) bond motifs is 1. The molecule has 0 bridgehead atoms. The predicted octanol–water partition coefficient (Wildman–Crippen LogP) is 5.75. The Morgan fingerprint density at radius 3 is 2.75 bits per heavy atom. The Morgan fingerprint density at radius 1 is 1.05 bits per heavy atom. The molecule has 4 heteroatoms. The van der Waals surface area contributed by atoms with Crippen LogP contribution in [-0.4, -0.2) is 4.98 Å². The number of benzene rings is 2. The lowest BCUT2D eigenvalue weighted by atomic mass is 10.2. The molecule has 3 aromatic rings. The van der Waals surface area contributed by atoms with Crippen LogP contribution in [0.2, 0.25) is 5.02 Å². The lowest BCUT2D eigenvalue weighted by Gasteiger charge is -2.11. The van der Waals surface area contributed by atoms with Crippen molar-refractivity contribution in [3.8, 4) is 11.5 Å². The van der Waals surface area contributed by atoms with Crippen LogP contribution in [0.1, 0.15) is 5.56 Å². The van der Waals surface area contributed by atoms with Gasteiger partial charge in [-0.25, -0.2) is 0 Å². The Morgan fingerprint density at radius 2 is 1.90 bits per heavy atom. The monoisotopic (exact) mass is 347 g/mol. The lowest BCUT2D eigenvalue weighted by Crippen LogP contribution is -1.90. The van der Waals surface area contributed by atoms with E-state index in [1.54, 1.807) is 6.20 Å². The zero-order valence-corrected chi connectivity index (χ0v) is 13.1. The molecule has 2 aromatic carbocycles. The number of rotatable bonds is 2. The third kappa shape index (κ3) is 2.65. The SMILES string of the molecule is Cc1ccc(Br)cc1Oc1ccnc2cc(Cl)ccc12. The molecule has 0 aliphatic heterocycles. The molecule has 100 valence electrons. The Kier molecular flexibility index (Phi) is 3.64. The normalized spacial score (nSPS) is 10.8. The summed E-state index contributed by atoms with van der Waals surface area (Å²) in [6, 6.07) is 13.4. The molecule has 0 amide bonds. The van der Waals surface area contributed by atoms with E-state index >= 15 is 0 Å². The summed E-state index contributed by atoms with van der Waals surface area (Å²) < 4.78 is 7.02. The van der Waals surface area contributed by atoms with Gasteiger partial charge in [0.1, 0.15) is 11.5 Å². The number of aromatic nitrogens is 1. The Balaban J connectivity index is 2.09. The molecule has 0 saturated heterocycles. The third-order valence-corrected chi connectivity index (χ3v) is 3.76. The highest BCUT2D eigenvalue weighted by Crippen LogP contribution is 2.32. The van der Waals surface area contributed by atoms with E-state index in [-0.39, 0.29) is 0 Å². The maximum absolute atomic E-state index is 6.03. The summed E-state index contributed by atoms with van der Waals surface area (Å²) in [6.45, 7) is 2.02. The number of pyridine rings is 1. The standard InChI is InChI=1S/C16H11BrClNO/c1-10-2-3-11(17)8-16(10)20-15-6-7-19-14-9-12(18)4-5-13(14)15/h2-9H,1H3. The topological polar surface area (TPSA) is 22.1 Å². The van der Waals surface area contributed by atoms with Crippen LogP contribution in [0.15, 0.2) is 53.1 Å². The first kappa shape index (κ1) is 13.4. The molecule has 0 saturated carbocycles. The maximum atomic E-state index is 6.03. The third-order valence-electron chi connectivity index (χ3n) is 3.03. The second kappa shape index (κ2) is 5.43. The average Bonchev–Trinajstić information content (AvgIpc) is 2.43. The van der Waals surface area contributed by atoms with E-state index in [9.17, 15) is 0 Å². The fourth-order valence-corrected chi connectivity index (χ4v) is 2.49. The van der Waals surface area contributed by atoms with Crippen molar-refractivity contribution in [2.75, 3.05) is 0 Å². The first-order valence-corrected chi connectivity index (χ1v) is 7.29. The molecule has 2 nitrogen and oxygen atoms in total. The van der Waals surface area contributed by atoms with Crippen LogP contribution in [-0.2, 0) is 0 Å². The molecular weight excluding hydrogens is 338 g/mol. The van der Waals surface area contributed by atoms with Crippen molar-refractivity contribution >= 4 is 38.4 Å². The van der Waals surface area contributed by atoms with E-state index in [4.69, 9.17) is 16.3 Å². The van der Waals surface area contributed by atoms with Gasteiger partial charge in [0, 0.05) is 21.1 Å². The summed E-state index contributed by atoms with van der Waals surface area (Å²) in [5, 5.41) is 1.61. The van der Waals surface area contributed by atoms with Crippen LogP contribution in [0.3, 0.4) is 0 Å². The van der Waals surface area contributed by atoms with Gasteiger partial charge in [-0.1, -0.05) is 33.6 Å². The number of nitrogens with zero attached hydrogens (tertiary/aromatic N) is 1. The van der Waals surface area contributed by atoms with E-state index in [0.29, 0.717) is 5.02 Å². The molecule has 20 heavy (non-hydrogen) atoms. The first-order valence-electron chi connectivity index (χ1n) is 6.12. The van der Waals surface area contributed by atoms with Crippen molar-refractivity contribution in [1.29, 1.82) is 0 Å². The van der Waals surface area contributed by atoms with Gasteiger partial charge in [0.2, 0.25) is 0 Å². The van der Waals surface area contributed by atoms with E-state index in [1.807, 2.05) is 49.4 Å². The fourth-order valence-electron chi connectivity index (χ4n) is 1.99. The Labute approximate surface area is 130 Å². The van der Waals surface area contributed by atoms with Crippen LogP contribution in [0.5, 0.6) is 11.5 Å². The predicted molar refractivity (Wildman–Crippen MR) is 85.7 cm³/mol. The Hall–Kier alpha value is -1.58. The first-order chi connectivity index (χ1) is 9.63. The van der Waals surface area contributed by atoms with Crippen molar-refractivity contribution in [3.63, 3.8) is 0 Å². The molecule has 0 unspecified atom stereocenters. The van der Waals surface area contributed by atoms with Gasteiger partial charge in [0.15, 0.2) is 0 Å². The molecule has 0 radical (unpaired) electrons. The molecular formula is C16H11BrClNO. The van der Waals surface area contributed by atoms with Gasteiger partial charge in [-0.05, 0) is 48.9 Å². The molecule has 1 aromatic heterocycles. The van der Waals surface area contributed by atoms with Gasteiger partial charge < -0.3 is 4.74 Å². The summed E-state index contributed by atoms with van der Waals surface area (Å²) in [4.78, 5) is 4.31. The molecule has 0 aliphatic rings. The van der Waals surface area contributed by atoms with E-state index in [0.717, 1.165) is 32.4 Å². The second-order valence-electron chi connectivity index (χ2n) is 4.48. The number of hydrogen-bond acceptors (Lipinski definition) is 2. The zero-order valence-electron chi connectivity index (χ0n) is 10.7. The van der Waals surface area contributed by atoms with Gasteiger partial charge >= 0.3 is 0 Å². The zero-order chi connectivity index (χ0) is 14.1. The summed E-state index contributed by atoms with van der Waals surface area (Å²) in [5.74, 6) is 1.59. The average molecular weight is 349 g/mol. The van der Waals surface area contributed by atoms with Gasteiger partial charge in [0.25, 0.3) is 0 Å². The minimum absolute atomic E-state index is 0.667. The number of ether oxygens (including phenoxy) is 1. The van der Waals surface area contributed by atoms with Crippen molar-refractivity contribution in [1.82, 2.24) is 4.98 Å². The summed E-state index contributed by atoms with van der Waals surface area (Å²) >= 11 is 9.45. The highest BCUT2D eigenvalue weighted by molar-refractivity contribution is 9.10. The smallest absolute Gasteiger partial charge is 0.138 e. The van der Waals surface area contributed by atoms with Crippen LogP contribution in [0.25, 0.3) is 10.9 Å². The van der Waals surface area contributed by atoms with Gasteiger partial charge in [-0.2, -0.15) is 0 Å². The summed E-state index contributed by atoms with van der Waals surface area (Å²) in [5.41, 5.74) is 1.90. The number of hydrogen-bond donors (Lipinski definition) is 0. The minimum atomic E-state index is 0.667.